The number of halogens is 1. The first-order valence-electron chi connectivity index (χ1n) is 6.30. The zero-order valence-corrected chi connectivity index (χ0v) is 11.5. The molecule has 4 atom stereocenters. The predicted molar refractivity (Wildman–Crippen MR) is 73.1 cm³/mol. The highest BCUT2D eigenvalue weighted by Crippen LogP contribution is 2.45. The molecular weight excluding hydrogens is 250 g/mol. The van der Waals surface area contributed by atoms with Crippen molar-refractivity contribution in [1.82, 2.24) is 0 Å². The zero-order chi connectivity index (χ0) is 13.3. The molecule has 1 fully saturated rings. The summed E-state index contributed by atoms with van der Waals surface area (Å²) in [5.41, 5.74) is 6.73. The van der Waals surface area contributed by atoms with Gasteiger partial charge in [0.05, 0.1) is 13.2 Å². The van der Waals surface area contributed by atoms with Gasteiger partial charge in [0.1, 0.15) is 5.75 Å². The summed E-state index contributed by atoms with van der Waals surface area (Å²) in [6.45, 7) is 2.54. The van der Waals surface area contributed by atoms with E-state index in [0.29, 0.717) is 23.4 Å². The summed E-state index contributed by atoms with van der Waals surface area (Å²) in [5.74, 6) is 1.55. The Hall–Kier alpha value is -0.770. The lowest BCUT2D eigenvalue weighted by molar-refractivity contribution is 0.117. The number of benzene rings is 1. The molecule has 2 rings (SSSR count). The minimum absolute atomic E-state index is 0.117. The summed E-state index contributed by atoms with van der Waals surface area (Å²) in [6.07, 6.45) is 0.651. The van der Waals surface area contributed by atoms with Gasteiger partial charge in [-0.15, -0.1) is 0 Å². The molecule has 4 heteroatoms. The van der Waals surface area contributed by atoms with E-state index >= 15 is 0 Å². The fraction of sp³-hybridized carbons (Fsp3) is 0.571. The van der Waals surface area contributed by atoms with Crippen molar-refractivity contribution in [1.29, 1.82) is 0 Å². The summed E-state index contributed by atoms with van der Waals surface area (Å²) < 4.78 is 5.33. The second kappa shape index (κ2) is 5.47. The topological polar surface area (TPSA) is 55.5 Å². The van der Waals surface area contributed by atoms with Crippen LogP contribution in [0.2, 0.25) is 5.02 Å². The van der Waals surface area contributed by atoms with Gasteiger partial charge in [0.15, 0.2) is 0 Å². The van der Waals surface area contributed by atoms with Gasteiger partial charge in [0.25, 0.3) is 0 Å². The van der Waals surface area contributed by atoms with E-state index in [9.17, 15) is 5.11 Å². The van der Waals surface area contributed by atoms with Crippen molar-refractivity contribution in [3.63, 3.8) is 0 Å². The van der Waals surface area contributed by atoms with E-state index in [-0.39, 0.29) is 5.92 Å². The van der Waals surface area contributed by atoms with Crippen LogP contribution in [0.1, 0.15) is 24.8 Å². The number of methoxy groups -OCH3 is 1. The largest absolute Gasteiger partial charge is 0.496 e. The van der Waals surface area contributed by atoms with Crippen LogP contribution in [0.15, 0.2) is 18.2 Å². The van der Waals surface area contributed by atoms with Gasteiger partial charge < -0.3 is 15.6 Å². The molecule has 3 nitrogen and oxygen atoms in total. The molecule has 18 heavy (non-hydrogen) atoms. The molecule has 0 radical (unpaired) electrons. The van der Waals surface area contributed by atoms with Gasteiger partial charge in [-0.3, -0.25) is 0 Å². The van der Waals surface area contributed by atoms with Crippen molar-refractivity contribution >= 4 is 11.6 Å². The lowest BCUT2D eigenvalue weighted by atomic mass is 9.89. The van der Waals surface area contributed by atoms with E-state index in [1.165, 1.54) is 0 Å². The fourth-order valence-electron chi connectivity index (χ4n) is 2.57. The quantitative estimate of drug-likeness (QED) is 0.863. The summed E-state index contributed by atoms with van der Waals surface area (Å²) in [6, 6.07) is 5.45. The maximum Gasteiger partial charge on any atom is 0.122 e. The molecule has 0 aliphatic heterocycles. The minimum atomic E-state index is -0.419. The standard InChI is InChI=1S/C14H20ClNO2/c1-8-5-10(8)14(17)12(7-16)11-6-9(15)3-4-13(11)18-2/h3-4,6,8,10,12,14,17H,5,7,16H2,1-2H3. The Labute approximate surface area is 113 Å². The molecule has 1 aromatic rings. The lowest BCUT2D eigenvalue weighted by Gasteiger charge is -2.24. The van der Waals surface area contributed by atoms with E-state index in [1.54, 1.807) is 13.2 Å². The van der Waals surface area contributed by atoms with Crippen LogP contribution in [0, 0.1) is 11.8 Å². The molecule has 100 valence electrons. The highest BCUT2D eigenvalue weighted by atomic mass is 35.5. The Morgan fingerprint density at radius 1 is 1.56 bits per heavy atom. The monoisotopic (exact) mass is 269 g/mol. The van der Waals surface area contributed by atoms with E-state index in [4.69, 9.17) is 22.1 Å². The molecule has 0 bridgehead atoms. The van der Waals surface area contributed by atoms with Gasteiger partial charge >= 0.3 is 0 Å². The summed E-state index contributed by atoms with van der Waals surface area (Å²) in [4.78, 5) is 0. The third-order valence-electron chi connectivity index (χ3n) is 3.87. The van der Waals surface area contributed by atoms with Crippen molar-refractivity contribution in [3.05, 3.63) is 28.8 Å². The van der Waals surface area contributed by atoms with E-state index in [1.807, 2.05) is 12.1 Å². The van der Waals surface area contributed by atoms with Gasteiger partial charge in [0, 0.05) is 23.0 Å². The van der Waals surface area contributed by atoms with Crippen LogP contribution < -0.4 is 10.5 Å². The average Bonchev–Trinajstić information content (AvgIpc) is 3.07. The third kappa shape index (κ3) is 2.63. The van der Waals surface area contributed by atoms with Crippen LogP contribution in [-0.4, -0.2) is 24.9 Å². The van der Waals surface area contributed by atoms with Crippen LogP contribution in [0.5, 0.6) is 5.75 Å². The number of aliphatic hydroxyl groups excluding tert-OH is 1. The molecule has 1 aliphatic carbocycles. The van der Waals surface area contributed by atoms with Gasteiger partial charge in [-0.05, 0) is 36.5 Å². The summed E-state index contributed by atoms with van der Waals surface area (Å²) >= 11 is 6.03. The Kier molecular flexibility index (Phi) is 4.15. The average molecular weight is 270 g/mol. The van der Waals surface area contributed by atoms with Crippen LogP contribution in [-0.2, 0) is 0 Å². The number of rotatable bonds is 5. The Morgan fingerprint density at radius 2 is 2.22 bits per heavy atom. The number of aliphatic hydroxyl groups is 1. The first-order chi connectivity index (χ1) is 8.58. The number of nitrogens with two attached hydrogens (primary N) is 1. The molecule has 0 saturated heterocycles. The van der Waals surface area contributed by atoms with Crippen molar-refractivity contribution < 1.29 is 9.84 Å². The van der Waals surface area contributed by atoms with Gasteiger partial charge in [-0.25, -0.2) is 0 Å². The number of ether oxygens (including phenoxy) is 1. The lowest BCUT2D eigenvalue weighted by Crippen LogP contribution is -2.28. The van der Waals surface area contributed by atoms with Crippen LogP contribution in [0.4, 0.5) is 0 Å². The smallest absolute Gasteiger partial charge is 0.122 e. The van der Waals surface area contributed by atoms with Gasteiger partial charge in [-0.2, -0.15) is 0 Å². The molecule has 0 spiro atoms. The highest BCUT2D eigenvalue weighted by molar-refractivity contribution is 6.30. The summed E-state index contributed by atoms with van der Waals surface area (Å²) in [7, 11) is 1.62. The SMILES string of the molecule is COc1ccc(Cl)cc1C(CN)C(O)C1CC1C. The van der Waals surface area contributed by atoms with E-state index < -0.39 is 6.10 Å². The summed E-state index contributed by atoms with van der Waals surface area (Å²) in [5, 5.41) is 11.0. The minimum Gasteiger partial charge on any atom is -0.496 e. The molecule has 1 aromatic carbocycles. The van der Waals surface area contributed by atoms with Crippen LogP contribution in [0.25, 0.3) is 0 Å². The third-order valence-corrected chi connectivity index (χ3v) is 4.10. The number of hydrogen-bond acceptors (Lipinski definition) is 3. The maximum atomic E-state index is 10.4. The Balaban J connectivity index is 2.28. The first kappa shape index (κ1) is 13.7. The molecule has 0 aromatic heterocycles. The first-order valence-corrected chi connectivity index (χ1v) is 6.67. The van der Waals surface area contributed by atoms with Crippen molar-refractivity contribution in [2.24, 2.45) is 17.6 Å². The Morgan fingerprint density at radius 3 is 2.72 bits per heavy atom. The molecule has 3 N–H and O–H groups in total. The van der Waals surface area contributed by atoms with Crippen LogP contribution in [0.3, 0.4) is 0 Å². The van der Waals surface area contributed by atoms with Gasteiger partial charge in [0.2, 0.25) is 0 Å². The van der Waals surface area contributed by atoms with Crippen molar-refractivity contribution in [2.75, 3.05) is 13.7 Å². The normalized spacial score (nSPS) is 25.6. The molecule has 0 heterocycles. The number of hydrogen-bond donors (Lipinski definition) is 2. The maximum absolute atomic E-state index is 10.4. The molecule has 1 aliphatic rings. The van der Waals surface area contributed by atoms with Crippen LogP contribution >= 0.6 is 11.6 Å². The Bertz CT molecular complexity index is 424. The van der Waals surface area contributed by atoms with Gasteiger partial charge in [-0.1, -0.05) is 18.5 Å². The van der Waals surface area contributed by atoms with E-state index in [0.717, 1.165) is 17.7 Å². The molecular formula is C14H20ClNO2. The van der Waals surface area contributed by atoms with Crippen molar-refractivity contribution in [3.8, 4) is 5.75 Å². The predicted octanol–water partition coefficient (Wildman–Crippen LogP) is 2.41. The zero-order valence-electron chi connectivity index (χ0n) is 10.8. The second-order valence-corrected chi connectivity index (χ2v) is 5.53. The molecule has 4 unspecified atom stereocenters. The van der Waals surface area contributed by atoms with Crippen molar-refractivity contribution in [2.45, 2.75) is 25.4 Å². The van der Waals surface area contributed by atoms with E-state index in [2.05, 4.69) is 6.92 Å². The highest BCUT2D eigenvalue weighted by Gasteiger charge is 2.42. The fourth-order valence-corrected chi connectivity index (χ4v) is 2.75. The molecule has 0 amide bonds. The second-order valence-electron chi connectivity index (χ2n) is 5.10. The molecule has 1 saturated carbocycles.